The van der Waals surface area contributed by atoms with Gasteiger partial charge in [-0.25, -0.2) is 4.98 Å². The molecule has 1 aromatic heterocycles. The largest absolute Gasteiger partial charge is 0.478 e. The first kappa shape index (κ1) is 17.0. The van der Waals surface area contributed by atoms with Crippen molar-refractivity contribution >= 4 is 55.8 Å². The lowest BCUT2D eigenvalue weighted by molar-refractivity contribution is -0.128. The molecule has 1 amide bonds. The molecule has 0 bridgehead atoms. The number of para-hydroxylation sites is 1. The van der Waals surface area contributed by atoms with Gasteiger partial charge in [-0.3, -0.25) is 10.1 Å². The Balaban J connectivity index is 1.80. The maximum atomic E-state index is 12.5. The highest BCUT2D eigenvalue weighted by molar-refractivity contribution is 7.22. The lowest BCUT2D eigenvalue weighted by atomic mass is 10.1. The fourth-order valence-corrected chi connectivity index (χ4v) is 3.35. The van der Waals surface area contributed by atoms with Crippen LogP contribution >= 0.6 is 34.5 Å². The molecule has 0 saturated carbocycles. The number of ether oxygens (including phenoxy) is 1. The standard InChI is InChI=1S/C17H14Cl2N2O2S/c1-17(2,23-10-6-4-3-5-7-10)15(22)21-16-20-14-12(24-16)9-8-11(18)13(14)19/h3-9H,1-2H3,(H,20,21,22). The van der Waals surface area contributed by atoms with E-state index in [4.69, 9.17) is 27.9 Å². The molecule has 7 heteroatoms. The number of carbonyl (C=O) groups excluding carboxylic acids is 1. The molecule has 0 saturated heterocycles. The van der Waals surface area contributed by atoms with Gasteiger partial charge in [0.15, 0.2) is 10.7 Å². The van der Waals surface area contributed by atoms with Crippen LogP contribution in [0.3, 0.4) is 0 Å². The Bertz CT molecular complexity index is 894. The summed E-state index contributed by atoms with van der Waals surface area (Å²) in [6, 6.07) is 12.7. The van der Waals surface area contributed by atoms with Crippen LogP contribution < -0.4 is 10.1 Å². The second-order valence-corrected chi connectivity index (χ2v) is 7.42. The quantitative estimate of drug-likeness (QED) is 0.658. The Morgan fingerprint density at radius 3 is 2.58 bits per heavy atom. The Hall–Kier alpha value is -1.82. The first-order valence-corrected chi connectivity index (χ1v) is 8.74. The Kier molecular flexibility index (Phi) is 4.67. The van der Waals surface area contributed by atoms with Gasteiger partial charge in [-0.15, -0.1) is 0 Å². The van der Waals surface area contributed by atoms with Crippen LogP contribution in [0, 0.1) is 0 Å². The fraction of sp³-hybridized carbons (Fsp3) is 0.176. The van der Waals surface area contributed by atoms with Crippen molar-refractivity contribution in [1.82, 2.24) is 4.98 Å². The Morgan fingerprint density at radius 2 is 1.88 bits per heavy atom. The molecule has 0 aliphatic rings. The van der Waals surface area contributed by atoms with Gasteiger partial charge < -0.3 is 4.74 Å². The van der Waals surface area contributed by atoms with E-state index >= 15 is 0 Å². The van der Waals surface area contributed by atoms with E-state index in [9.17, 15) is 4.79 Å². The molecule has 0 fully saturated rings. The van der Waals surface area contributed by atoms with Crippen molar-refractivity contribution in [2.24, 2.45) is 0 Å². The average molecular weight is 381 g/mol. The summed E-state index contributed by atoms with van der Waals surface area (Å²) >= 11 is 13.5. The summed E-state index contributed by atoms with van der Waals surface area (Å²) in [5, 5.41) is 4.04. The molecule has 3 aromatic rings. The Labute approximate surface area is 153 Å². The molecule has 0 aliphatic heterocycles. The summed E-state index contributed by atoms with van der Waals surface area (Å²) in [6.45, 7) is 3.40. The molecular formula is C17H14Cl2N2O2S. The van der Waals surface area contributed by atoms with Crippen LogP contribution in [0.4, 0.5) is 5.13 Å². The molecular weight excluding hydrogens is 367 g/mol. The van der Waals surface area contributed by atoms with Crippen molar-refractivity contribution in [3.05, 3.63) is 52.5 Å². The minimum absolute atomic E-state index is 0.298. The van der Waals surface area contributed by atoms with E-state index < -0.39 is 5.60 Å². The van der Waals surface area contributed by atoms with Crippen molar-refractivity contribution in [2.45, 2.75) is 19.4 Å². The molecule has 3 rings (SSSR count). The Morgan fingerprint density at radius 1 is 1.17 bits per heavy atom. The number of halogens is 2. The number of thiazole rings is 1. The zero-order chi connectivity index (χ0) is 17.3. The van der Waals surface area contributed by atoms with Crippen molar-refractivity contribution in [1.29, 1.82) is 0 Å². The molecule has 0 radical (unpaired) electrons. The molecule has 0 aliphatic carbocycles. The van der Waals surface area contributed by atoms with Crippen molar-refractivity contribution in [3.8, 4) is 5.75 Å². The summed E-state index contributed by atoms with van der Waals surface area (Å²) in [7, 11) is 0. The molecule has 24 heavy (non-hydrogen) atoms. The van der Waals surface area contributed by atoms with Crippen molar-refractivity contribution < 1.29 is 9.53 Å². The van der Waals surface area contributed by atoms with Crippen LogP contribution in [0.5, 0.6) is 5.75 Å². The molecule has 1 heterocycles. The maximum absolute atomic E-state index is 12.5. The number of aromatic nitrogens is 1. The van der Waals surface area contributed by atoms with Crippen LogP contribution in [0.15, 0.2) is 42.5 Å². The number of carbonyl (C=O) groups is 1. The van der Waals surface area contributed by atoms with Gasteiger partial charge in [0.05, 0.1) is 14.7 Å². The number of nitrogens with one attached hydrogen (secondary N) is 1. The number of nitrogens with zero attached hydrogens (tertiary/aromatic N) is 1. The predicted octanol–water partition coefficient (Wildman–Crippen LogP) is 5.40. The number of benzene rings is 2. The van der Waals surface area contributed by atoms with Gasteiger partial charge in [-0.05, 0) is 38.1 Å². The van der Waals surface area contributed by atoms with E-state index in [-0.39, 0.29) is 5.91 Å². The van der Waals surface area contributed by atoms with Crippen LogP contribution in [0.25, 0.3) is 10.2 Å². The molecule has 4 nitrogen and oxygen atoms in total. The first-order valence-electron chi connectivity index (χ1n) is 7.17. The summed E-state index contributed by atoms with van der Waals surface area (Å²) in [5.41, 5.74) is -0.480. The highest BCUT2D eigenvalue weighted by Gasteiger charge is 2.30. The van der Waals surface area contributed by atoms with Gasteiger partial charge in [0, 0.05) is 0 Å². The lowest BCUT2D eigenvalue weighted by Crippen LogP contribution is -2.42. The molecule has 124 valence electrons. The number of hydrogen-bond acceptors (Lipinski definition) is 4. The van der Waals surface area contributed by atoms with Gasteiger partial charge in [-0.2, -0.15) is 0 Å². The topological polar surface area (TPSA) is 51.2 Å². The normalized spacial score (nSPS) is 11.5. The average Bonchev–Trinajstić information content (AvgIpc) is 2.95. The van der Waals surface area contributed by atoms with E-state index in [1.54, 1.807) is 32.0 Å². The number of amides is 1. The van der Waals surface area contributed by atoms with E-state index in [1.165, 1.54) is 11.3 Å². The molecule has 0 atom stereocenters. The van der Waals surface area contributed by atoms with Gasteiger partial charge in [0.25, 0.3) is 5.91 Å². The number of rotatable bonds is 4. The van der Waals surface area contributed by atoms with Crippen LogP contribution in [0.2, 0.25) is 10.0 Å². The van der Waals surface area contributed by atoms with Gasteiger partial charge in [0.2, 0.25) is 0 Å². The zero-order valence-corrected chi connectivity index (χ0v) is 15.3. The van der Waals surface area contributed by atoms with E-state index in [1.807, 2.05) is 24.3 Å². The van der Waals surface area contributed by atoms with E-state index in [0.29, 0.717) is 26.4 Å². The first-order chi connectivity index (χ1) is 11.4. The lowest BCUT2D eigenvalue weighted by Gasteiger charge is -2.24. The predicted molar refractivity (Wildman–Crippen MR) is 99.4 cm³/mol. The van der Waals surface area contributed by atoms with Gasteiger partial charge >= 0.3 is 0 Å². The molecule has 0 unspecified atom stereocenters. The summed E-state index contributed by atoms with van der Waals surface area (Å²) in [5.74, 6) is 0.324. The SMILES string of the molecule is CC(C)(Oc1ccccc1)C(=O)Nc1nc2c(Cl)c(Cl)ccc2s1. The highest BCUT2D eigenvalue weighted by atomic mass is 35.5. The van der Waals surface area contributed by atoms with E-state index in [2.05, 4.69) is 10.3 Å². The van der Waals surface area contributed by atoms with Gasteiger partial charge in [0.1, 0.15) is 11.3 Å². The third kappa shape index (κ3) is 3.48. The smallest absolute Gasteiger partial charge is 0.269 e. The summed E-state index contributed by atoms with van der Waals surface area (Å²) in [4.78, 5) is 16.9. The fourth-order valence-electron chi connectivity index (χ4n) is 2.07. The van der Waals surface area contributed by atoms with Crippen LogP contribution in [0.1, 0.15) is 13.8 Å². The molecule has 1 N–H and O–H groups in total. The summed E-state index contributed by atoms with van der Waals surface area (Å²) < 4.78 is 6.62. The van der Waals surface area contributed by atoms with Crippen LogP contribution in [-0.2, 0) is 4.79 Å². The second-order valence-electron chi connectivity index (χ2n) is 5.61. The number of anilines is 1. The minimum Gasteiger partial charge on any atom is -0.478 e. The molecule has 0 spiro atoms. The van der Waals surface area contributed by atoms with Crippen molar-refractivity contribution in [3.63, 3.8) is 0 Å². The molecule has 2 aromatic carbocycles. The minimum atomic E-state index is -1.05. The number of hydrogen-bond donors (Lipinski definition) is 1. The maximum Gasteiger partial charge on any atom is 0.269 e. The van der Waals surface area contributed by atoms with Gasteiger partial charge in [-0.1, -0.05) is 52.7 Å². The monoisotopic (exact) mass is 380 g/mol. The third-order valence-corrected chi connectivity index (χ3v) is 5.07. The summed E-state index contributed by atoms with van der Waals surface area (Å²) in [6.07, 6.45) is 0. The van der Waals surface area contributed by atoms with Crippen molar-refractivity contribution in [2.75, 3.05) is 5.32 Å². The zero-order valence-electron chi connectivity index (χ0n) is 13.0. The van der Waals surface area contributed by atoms with Crippen LogP contribution in [-0.4, -0.2) is 16.5 Å². The number of fused-ring (bicyclic) bond motifs is 1. The van der Waals surface area contributed by atoms with E-state index in [0.717, 1.165) is 4.70 Å². The highest BCUT2D eigenvalue weighted by Crippen LogP contribution is 2.35. The third-order valence-electron chi connectivity index (χ3n) is 3.34. The second kappa shape index (κ2) is 6.59.